The van der Waals surface area contributed by atoms with Gasteiger partial charge in [-0.25, -0.2) is 8.42 Å². The molecule has 0 unspecified atom stereocenters. The van der Waals surface area contributed by atoms with E-state index in [-0.39, 0.29) is 34.5 Å². The molecule has 0 atom stereocenters. The number of benzene rings is 4. The Morgan fingerprint density at radius 3 is 2.28 bits per heavy atom. The van der Waals surface area contributed by atoms with E-state index in [1.54, 1.807) is 29.1 Å². The minimum absolute atomic E-state index is 0. The molecule has 0 saturated carbocycles. The van der Waals surface area contributed by atoms with E-state index in [1.807, 2.05) is 60.7 Å². The van der Waals surface area contributed by atoms with E-state index >= 15 is 0 Å². The summed E-state index contributed by atoms with van der Waals surface area (Å²) in [6, 6.07) is 25.7. The van der Waals surface area contributed by atoms with Crippen molar-refractivity contribution in [2.45, 2.75) is 4.90 Å². The molecule has 1 aromatic heterocycles. The summed E-state index contributed by atoms with van der Waals surface area (Å²) in [5.41, 5.74) is 3.67. The van der Waals surface area contributed by atoms with Crippen molar-refractivity contribution in [2.24, 2.45) is 0 Å². The zero-order valence-corrected chi connectivity index (χ0v) is 20.0. The Morgan fingerprint density at radius 1 is 0.781 bits per heavy atom. The van der Waals surface area contributed by atoms with Crippen molar-refractivity contribution in [2.75, 3.05) is 0 Å². The smallest absolute Gasteiger partial charge is 0.744 e. The fourth-order valence-corrected chi connectivity index (χ4v) is 4.18. The first kappa shape index (κ1) is 22.4. The number of nitrogens with zero attached hydrogens (tertiary/aromatic N) is 3. The average Bonchev–Trinajstić information content (AvgIpc) is 3.23. The van der Waals surface area contributed by atoms with Crippen LogP contribution in [0.3, 0.4) is 0 Å². The summed E-state index contributed by atoms with van der Waals surface area (Å²) in [6.45, 7) is 0. The van der Waals surface area contributed by atoms with E-state index in [4.69, 9.17) is 0 Å². The summed E-state index contributed by atoms with van der Waals surface area (Å²) in [6.07, 6.45) is 3.38. The van der Waals surface area contributed by atoms with Gasteiger partial charge in [0, 0.05) is 5.39 Å². The monoisotopic (exact) mass is 449 g/mol. The van der Waals surface area contributed by atoms with E-state index < -0.39 is 10.1 Å². The number of rotatable bonds is 4. The third-order valence-electron chi connectivity index (χ3n) is 5.04. The number of hydrogen-bond donors (Lipinski definition) is 0. The van der Waals surface area contributed by atoms with Crippen LogP contribution in [0.4, 0.5) is 0 Å². The molecule has 4 aromatic carbocycles. The van der Waals surface area contributed by atoms with E-state index in [2.05, 4.69) is 10.2 Å². The molecule has 0 radical (unpaired) electrons. The number of aromatic nitrogens is 3. The molecule has 1 heterocycles. The van der Waals surface area contributed by atoms with Gasteiger partial charge < -0.3 is 4.55 Å². The molecule has 8 heteroatoms. The summed E-state index contributed by atoms with van der Waals surface area (Å²) in [5.74, 6) is 0. The molecule has 5 rings (SSSR count). The fourth-order valence-electron chi connectivity index (χ4n) is 3.51. The van der Waals surface area contributed by atoms with Crippen LogP contribution >= 0.6 is 0 Å². The van der Waals surface area contributed by atoms with Crippen LogP contribution < -0.4 is 29.6 Å². The molecule has 6 nitrogen and oxygen atoms in total. The van der Waals surface area contributed by atoms with Crippen LogP contribution in [-0.4, -0.2) is 28.0 Å². The molecule has 0 saturated heterocycles. The van der Waals surface area contributed by atoms with Crippen LogP contribution in [0, 0.1) is 0 Å². The zero-order chi connectivity index (χ0) is 21.4. The molecule has 0 aliphatic rings. The van der Waals surface area contributed by atoms with E-state index in [9.17, 15) is 13.0 Å². The van der Waals surface area contributed by atoms with Gasteiger partial charge in [0.1, 0.15) is 21.2 Å². The van der Waals surface area contributed by atoms with Gasteiger partial charge in [-0.2, -0.15) is 4.80 Å². The molecule has 5 aromatic rings. The van der Waals surface area contributed by atoms with Crippen molar-refractivity contribution in [1.82, 2.24) is 15.0 Å². The van der Waals surface area contributed by atoms with Crippen molar-refractivity contribution in [3.8, 4) is 5.69 Å². The molecule has 0 fully saturated rings. The predicted molar refractivity (Wildman–Crippen MR) is 120 cm³/mol. The third kappa shape index (κ3) is 4.39. The quantitative estimate of drug-likeness (QED) is 0.237. The predicted octanol–water partition coefficient (Wildman–Crippen LogP) is 1.65. The van der Waals surface area contributed by atoms with Crippen molar-refractivity contribution in [3.63, 3.8) is 0 Å². The summed E-state index contributed by atoms with van der Waals surface area (Å²) >= 11 is 0. The molecule has 0 aliphatic heterocycles. The van der Waals surface area contributed by atoms with Crippen LogP contribution in [0.5, 0.6) is 0 Å². The Labute approximate surface area is 207 Å². The van der Waals surface area contributed by atoms with Gasteiger partial charge in [0.25, 0.3) is 0 Å². The van der Waals surface area contributed by atoms with Crippen LogP contribution in [0.1, 0.15) is 11.1 Å². The zero-order valence-electron chi connectivity index (χ0n) is 17.2. The van der Waals surface area contributed by atoms with Gasteiger partial charge >= 0.3 is 29.6 Å². The van der Waals surface area contributed by atoms with Gasteiger partial charge in [-0.3, -0.25) is 0 Å². The average molecular weight is 449 g/mol. The topological polar surface area (TPSA) is 87.9 Å². The first-order chi connectivity index (χ1) is 15.0. The Hall–Kier alpha value is -2.81. The maximum Gasteiger partial charge on any atom is 1.00 e. The van der Waals surface area contributed by atoms with Crippen molar-refractivity contribution >= 4 is 44.1 Å². The summed E-state index contributed by atoms with van der Waals surface area (Å²) in [7, 11) is -4.53. The first-order valence-electron chi connectivity index (χ1n) is 9.57. The van der Waals surface area contributed by atoms with E-state index in [0.29, 0.717) is 5.56 Å². The second-order valence-corrected chi connectivity index (χ2v) is 8.41. The first-order valence-corrected chi connectivity index (χ1v) is 11.0. The van der Waals surface area contributed by atoms with Crippen LogP contribution in [0.2, 0.25) is 0 Å². The van der Waals surface area contributed by atoms with Gasteiger partial charge in [0.05, 0.1) is 10.6 Å². The van der Waals surface area contributed by atoms with Gasteiger partial charge in [0.2, 0.25) is 0 Å². The Kier molecular flexibility index (Phi) is 6.28. The maximum absolute atomic E-state index is 11.4. The molecule has 0 aliphatic carbocycles. The molecule has 0 spiro atoms. The van der Waals surface area contributed by atoms with Gasteiger partial charge in [-0.05, 0) is 40.8 Å². The molecular weight excluding hydrogens is 433 g/mol. The summed E-state index contributed by atoms with van der Waals surface area (Å²) < 4.78 is 34.2. The summed E-state index contributed by atoms with van der Waals surface area (Å²) in [5, 5.41) is 11.4. The van der Waals surface area contributed by atoms with Gasteiger partial charge in [0.15, 0.2) is 0 Å². The third-order valence-corrected chi connectivity index (χ3v) is 5.95. The minimum Gasteiger partial charge on any atom is -0.744 e. The Bertz CT molecular complexity index is 1560. The van der Waals surface area contributed by atoms with Crippen LogP contribution in [-0.2, 0) is 10.1 Å². The minimum atomic E-state index is -4.53. The molecule has 0 N–H and O–H groups in total. The largest absolute Gasteiger partial charge is 1.00 e. The SMILES string of the molecule is O=S(=O)([O-])c1ccccc1/C=C/c1ccc(-n2nc3ccc4ccccc4c3n2)cc1.[Na+]. The number of fused-ring (bicyclic) bond motifs is 3. The standard InChI is InChI=1S/C24H17N3O3S.Na/c28-31(29,30)23-8-4-2-6-19(23)12-9-17-10-14-20(15-11-17)27-25-22-16-13-18-5-1-3-7-21(18)24(22)26-27;/h1-16H,(H,28,29,30);/q;+1/p-1/b12-9+;. The molecule has 0 amide bonds. The van der Waals surface area contributed by atoms with Gasteiger partial charge in [-0.1, -0.05) is 72.8 Å². The normalized spacial score (nSPS) is 11.8. The molecular formula is C24H16N3NaO3S. The summed E-state index contributed by atoms with van der Waals surface area (Å²) in [4.78, 5) is 1.37. The second kappa shape index (κ2) is 8.97. The molecule has 152 valence electrons. The van der Waals surface area contributed by atoms with Crippen LogP contribution in [0.15, 0.2) is 89.8 Å². The number of hydrogen-bond acceptors (Lipinski definition) is 5. The van der Waals surface area contributed by atoms with E-state index in [1.165, 1.54) is 12.1 Å². The maximum atomic E-state index is 11.4. The van der Waals surface area contributed by atoms with Crippen molar-refractivity contribution in [3.05, 3.63) is 96.1 Å². The van der Waals surface area contributed by atoms with Gasteiger partial charge in [-0.15, -0.1) is 10.2 Å². The Balaban J connectivity index is 0.00000245. The fraction of sp³-hybridized carbons (Fsp3) is 0. The van der Waals surface area contributed by atoms with Crippen molar-refractivity contribution in [1.29, 1.82) is 0 Å². The van der Waals surface area contributed by atoms with Crippen molar-refractivity contribution < 1.29 is 42.5 Å². The van der Waals surface area contributed by atoms with E-state index in [0.717, 1.165) is 33.1 Å². The molecule has 32 heavy (non-hydrogen) atoms. The molecule has 0 bridgehead atoms. The van der Waals surface area contributed by atoms with Crippen LogP contribution in [0.25, 0.3) is 39.6 Å². The second-order valence-electron chi connectivity index (χ2n) is 7.06. The Morgan fingerprint density at radius 2 is 1.50 bits per heavy atom.